The van der Waals surface area contributed by atoms with Gasteiger partial charge < -0.3 is 20.8 Å². The van der Waals surface area contributed by atoms with E-state index in [1.165, 1.54) is 0 Å². The van der Waals surface area contributed by atoms with E-state index < -0.39 is 34.6 Å². The Morgan fingerprint density at radius 2 is 1.05 bits per heavy atom. The number of nitrogens with zero attached hydrogens (tertiary/aromatic N) is 1. The molecule has 3 aliphatic rings. The minimum atomic E-state index is -1.39. The van der Waals surface area contributed by atoms with Crippen molar-refractivity contribution in [1.29, 1.82) is 0 Å². The Morgan fingerprint density at radius 1 is 0.619 bits per heavy atom. The third kappa shape index (κ3) is 4.31. The van der Waals surface area contributed by atoms with E-state index in [0.29, 0.717) is 38.5 Å². The molecule has 2 amide bonds. The van der Waals surface area contributed by atoms with Crippen LogP contribution in [-0.4, -0.2) is 38.1 Å². The van der Waals surface area contributed by atoms with Gasteiger partial charge in [-0.05, 0) is 71.2 Å². The molecule has 0 aliphatic heterocycles. The molecule has 7 rings (SSSR count). The number of primary amides is 1. The highest BCUT2D eigenvalue weighted by Crippen LogP contribution is 2.59. The number of nitrogens with two attached hydrogens (primary N) is 1. The van der Waals surface area contributed by atoms with Gasteiger partial charge in [0, 0.05) is 0 Å². The molecule has 3 aliphatic carbocycles. The van der Waals surface area contributed by atoms with Crippen molar-refractivity contribution in [3.8, 4) is 0 Å². The summed E-state index contributed by atoms with van der Waals surface area (Å²) in [4.78, 5) is 30.4. The highest BCUT2D eigenvalue weighted by molar-refractivity contribution is 6.05. The van der Waals surface area contributed by atoms with Crippen LogP contribution < -0.4 is 5.73 Å². The van der Waals surface area contributed by atoms with E-state index >= 15 is 4.79 Å². The lowest BCUT2D eigenvalue weighted by molar-refractivity contribution is -0.164. The van der Waals surface area contributed by atoms with Gasteiger partial charge in [-0.15, -0.1) is 0 Å². The molecular weight excluding hydrogens is 524 g/mol. The van der Waals surface area contributed by atoms with E-state index in [9.17, 15) is 15.0 Å². The molecule has 4 N–H and O–H groups in total. The molecule has 216 valence electrons. The lowest BCUT2D eigenvalue weighted by atomic mass is 9.71. The highest BCUT2D eigenvalue weighted by atomic mass is 16.3. The number of hydrogen-bond donors (Lipinski definition) is 3. The van der Waals surface area contributed by atoms with Gasteiger partial charge >= 0.3 is 0 Å². The number of rotatable bonds is 8. The summed E-state index contributed by atoms with van der Waals surface area (Å²) in [6.45, 7) is 0. The number of hydrogen-bond acceptors (Lipinski definition) is 4. The molecule has 0 saturated heterocycles. The van der Waals surface area contributed by atoms with Crippen LogP contribution in [0.4, 0.5) is 0 Å². The molecule has 4 aromatic rings. The van der Waals surface area contributed by atoms with E-state index in [2.05, 4.69) is 0 Å². The second-order valence-corrected chi connectivity index (χ2v) is 12.9. The number of aliphatic hydroxyl groups is 2. The predicted molar refractivity (Wildman–Crippen MR) is 163 cm³/mol. The lowest BCUT2D eigenvalue weighted by Gasteiger charge is -2.48. The van der Waals surface area contributed by atoms with Gasteiger partial charge in [0.1, 0.15) is 5.41 Å². The van der Waals surface area contributed by atoms with E-state index in [1.54, 1.807) is 4.90 Å². The van der Waals surface area contributed by atoms with Crippen LogP contribution >= 0.6 is 0 Å². The molecule has 3 fully saturated rings. The van der Waals surface area contributed by atoms with Crippen LogP contribution in [0.5, 0.6) is 0 Å². The smallest absolute Gasteiger partial charge is 0.239 e. The number of amides is 2. The summed E-state index contributed by atoms with van der Waals surface area (Å²) in [7, 11) is 0. The van der Waals surface area contributed by atoms with E-state index in [0.717, 1.165) is 51.9 Å². The van der Waals surface area contributed by atoms with E-state index in [4.69, 9.17) is 5.73 Å². The van der Waals surface area contributed by atoms with Gasteiger partial charge in [-0.3, -0.25) is 9.59 Å². The van der Waals surface area contributed by atoms with Crippen LogP contribution in [-0.2, 0) is 9.59 Å². The Hall–Kier alpha value is -3.74. The molecule has 6 nitrogen and oxygen atoms in total. The van der Waals surface area contributed by atoms with Crippen LogP contribution in [0.2, 0.25) is 0 Å². The standard InChI is InChI=1S/C36H38N2O4/c37-32(39)34(18-6-1-7-19-34)33(40)38(30(35(41)20-21-35)28-16-8-12-24-10-2-4-14-26(24)28)31(36(42)22-23-36)29-17-9-13-25-11-3-5-15-27(25)29/h2-5,8-17,30-31,41-42H,1,6-7,18-23H2,(H2,37,39). The molecule has 3 saturated carbocycles. The van der Waals surface area contributed by atoms with E-state index in [1.807, 2.05) is 84.9 Å². The predicted octanol–water partition coefficient (Wildman–Crippen LogP) is 6.09. The molecule has 0 bridgehead atoms. The average Bonchev–Trinajstić information content (AvgIpc) is 3.95. The average molecular weight is 563 g/mol. The molecule has 4 aromatic carbocycles. The second-order valence-electron chi connectivity index (χ2n) is 12.9. The summed E-state index contributed by atoms with van der Waals surface area (Å²) in [5.41, 5.74) is 4.01. The molecule has 0 radical (unpaired) electrons. The number of benzene rings is 4. The van der Waals surface area contributed by atoms with Gasteiger partial charge in [0.25, 0.3) is 0 Å². The van der Waals surface area contributed by atoms with Crippen molar-refractivity contribution in [2.45, 2.75) is 81.1 Å². The first-order chi connectivity index (χ1) is 20.3. The molecule has 2 atom stereocenters. The van der Waals surface area contributed by atoms with Crippen molar-refractivity contribution in [2.75, 3.05) is 0 Å². The lowest BCUT2D eigenvalue weighted by Crippen LogP contribution is -2.57. The Morgan fingerprint density at radius 3 is 1.48 bits per heavy atom. The van der Waals surface area contributed by atoms with Crippen molar-refractivity contribution in [3.63, 3.8) is 0 Å². The van der Waals surface area contributed by atoms with E-state index in [-0.39, 0.29) is 5.91 Å². The van der Waals surface area contributed by atoms with Crippen LogP contribution in [0.3, 0.4) is 0 Å². The second kappa shape index (κ2) is 9.92. The van der Waals surface area contributed by atoms with Gasteiger partial charge in [0.05, 0.1) is 23.3 Å². The largest absolute Gasteiger partial charge is 0.387 e. The van der Waals surface area contributed by atoms with Gasteiger partial charge in [-0.2, -0.15) is 0 Å². The topological polar surface area (TPSA) is 104 Å². The summed E-state index contributed by atoms with van der Waals surface area (Å²) < 4.78 is 0. The molecule has 0 aromatic heterocycles. The Balaban J connectivity index is 1.52. The van der Waals surface area contributed by atoms with Crippen molar-refractivity contribution in [3.05, 3.63) is 96.1 Å². The monoisotopic (exact) mass is 562 g/mol. The zero-order valence-corrected chi connectivity index (χ0v) is 23.8. The first-order valence-corrected chi connectivity index (χ1v) is 15.3. The van der Waals surface area contributed by atoms with Gasteiger partial charge in [0.2, 0.25) is 11.8 Å². The summed E-state index contributed by atoms with van der Waals surface area (Å²) in [6, 6.07) is 26.4. The maximum Gasteiger partial charge on any atom is 0.239 e. The fraction of sp³-hybridized carbons (Fsp3) is 0.389. The molecule has 42 heavy (non-hydrogen) atoms. The maximum absolute atomic E-state index is 15.3. The fourth-order valence-electron chi connectivity index (χ4n) is 7.53. The zero-order valence-electron chi connectivity index (χ0n) is 23.8. The Kier molecular flexibility index (Phi) is 6.41. The number of carbonyl (C=O) groups excluding carboxylic acids is 2. The van der Waals surface area contributed by atoms with Gasteiger partial charge in [-0.1, -0.05) is 104 Å². The quantitative estimate of drug-likeness (QED) is 0.226. The summed E-state index contributed by atoms with van der Waals surface area (Å²) in [5, 5.41) is 28.2. The molecule has 0 heterocycles. The first-order valence-electron chi connectivity index (χ1n) is 15.3. The number of fused-ring (bicyclic) bond motifs is 2. The van der Waals surface area contributed by atoms with Crippen LogP contribution in [0.25, 0.3) is 21.5 Å². The van der Waals surface area contributed by atoms with Crippen LogP contribution in [0.1, 0.15) is 81.0 Å². The summed E-state index contributed by atoms with van der Waals surface area (Å²) in [5.74, 6) is -0.984. The SMILES string of the molecule is NC(=O)C1(C(=O)N(C(c2cccc3ccccc23)C2(O)CC2)C(c2cccc3ccccc23)C2(O)CC2)CCCCC1. The van der Waals surface area contributed by atoms with Gasteiger partial charge in [-0.25, -0.2) is 0 Å². The maximum atomic E-state index is 15.3. The highest BCUT2D eigenvalue weighted by Gasteiger charge is 2.62. The molecule has 2 unspecified atom stereocenters. The van der Waals surface area contributed by atoms with Gasteiger partial charge in [0.15, 0.2) is 0 Å². The minimum absolute atomic E-state index is 0.369. The first kappa shape index (κ1) is 27.1. The normalized spacial score (nSPS) is 21.4. The van der Waals surface area contributed by atoms with Crippen molar-refractivity contribution < 1.29 is 19.8 Å². The number of carbonyl (C=O) groups is 2. The Bertz CT molecular complexity index is 1570. The van der Waals surface area contributed by atoms with Crippen molar-refractivity contribution >= 4 is 33.4 Å². The molecule has 6 heteroatoms. The van der Waals surface area contributed by atoms with Crippen molar-refractivity contribution in [1.82, 2.24) is 4.90 Å². The Labute approximate surface area is 246 Å². The molecular formula is C36H38N2O4. The minimum Gasteiger partial charge on any atom is -0.387 e. The summed E-state index contributed by atoms with van der Waals surface area (Å²) >= 11 is 0. The van der Waals surface area contributed by atoms with Crippen LogP contribution in [0.15, 0.2) is 84.9 Å². The summed E-state index contributed by atoms with van der Waals surface area (Å²) in [6.07, 6.45) is 5.24. The molecule has 0 spiro atoms. The third-order valence-electron chi connectivity index (χ3n) is 10.2. The van der Waals surface area contributed by atoms with Crippen LogP contribution in [0, 0.1) is 5.41 Å². The zero-order chi connectivity index (χ0) is 29.1. The third-order valence-corrected chi connectivity index (χ3v) is 10.2. The van der Waals surface area contributed by atoms with Crippen molar-refractivity contribution in [2.24, 2.45) is 11.1 Å². The fourth-order valence-corrected chi connectivity index (χ4v) is 7.53.